The van der Waals surface area contributed by atoms with Gasteiger partial charge in [0.2, 0.25) is 0 Å². The second-order valence-electron chi connectivity index (χ2n) is 0.454. The van der Waals surface area contributed by atoms with Crippen molar-refractivity contribution in [1.29, 1.82) is 0 Å². The van der Waals surface area contributed by atoms with E-state index in [1.54, 1.807) is 0 Å². The molecule has 0 radical (unpaired) electrons. The summed E-state index contributed by atoms with van der Waals surface area (Å²) in [5.41, 5.74) is 0. The Morgan fingerprint density at radius 1 is 1.83 bits per heavy atom. The molecule has 0 N–H and O–H groups in total. The molecule has 4 heteroatoms. The smallest absolute Gasteiger partial charge is 0.422 e. The van der Waals surface area contributed by atoms with Gasteiger partial charge in [0.05, 0.1) is 0 Å². The van der Waals surface area contributed by atoms with Crippen LogP contribution in [0.4, 0.5) is 0 Å². The van der Waals surface area contributed by atoms with Crippen LogP contribution >= 0.6 is 24.0 Å². The minimum Gasteiger partial charge on any atom is -0.422 e. The van der Waals surface area contributed by atoms with E-state index in [1.165, 1.54) is 11.8 Å². The van der Waals surface area contributed by atoms with Crippen LogP contribution in [-0.2, 0) is 12.6 Å². The maximum atomic E-state index is 4.47. The van der Waals surface area contributed by atoms with Crippen molar-refractivity contribution in [2.75, 3.05) is 6.26 Å². The Hall–Kier alpha value is 1.66. The molecule has 0 nitrogen and oxygen atoms in total. The van der Waals surface area contributed by atoms with Crippen LogP contribution in [0.3, 0.4) is 0 Å². The first-order valence-electron chi connectivity index (χ1n) is 1.02. The van der Waals surface area contributed by atoms with Gasteiger partial charge in [-0.2, -0.15) is 11.8 Å². The fourth-order valence-electron chi connectivity index (χ4n) is 0. The van der Waals surface area contributed by atoms with Gasteiger partial charge in [0, 0.05) is 0 Å². The third-order valence-corrected chi connectivity index (χ3v) is 1.50. The van der Waals surface area contributed by atoms with Gasteiger partial charge in [0.25, 0.3) is 0 Å². The third-order valence-electron chi connectivity index (χ3n) is 0.167. The molecule has 0 aliphatic heterocycles. The molecule has 0 saturated carbocycles. The molecule has 0 bridgehead atoms. The number of hydrogen-bond donors (Lipinski definition) is 0. The third kappa shape index (κ3) is 9.18. The van der Waals surface area contributed by atoms with E-state index in [0.717, 1.165) is 0 Å². The van der Waals surface area contributed by atoms with Crippen molar-refractivity contribution in [2.24, 2.45) is 0 Å². The van der Waals surface area contributed by atoms with Crippen LogP contribution < -0.4 is 29.6 Å². The first-order chi connectivity index (χ1) is 2.27. The Bertz CT molecular complexity index is 44.1. The van der Waals surface area contributed by atoms with Crippen molar-refractivity contribution < 1.29 is 29.6 Å². The standard InChI is InChI=1S/C2H4S3.Na/c1-5-2(3)4;/h1H3,(H,3,4);/q;+1/p-1. The van der Waals surface area contributed by atoms with Crippen LogP contribution in [0.2, 0.25) is 0 Å². The Kier molecular flexibility index (Phi) is 11.8. The molecule has 0 saturated heterocycles. The second kappa shape index (κ2) is 6.66. The molecule has 0 aliphatic rings. The maximum Gasteiger partial charge on any atom is 1.00 e. The van der Waals surface area contributed by atoms with Crippen LogP contribution in [0.5, 0.6) is 0 Å². The minimum absolute atomic E-state index is 0. The zero-order valence-corrected chi connectivity index (χ0v) is 8.17. The maximum absolute atomic E-state index is 4.47. The Morgan fingerprint density at radius 3 is 2.00 bits per heavy atom. The van der Waals surface area contributed by atoms with Crippen molar-refractivity contribution in [3.63, 3.8) is 0 Å². The fourth-order valence-corrected chi connectivity index (χ4v) is 0. The molecule has 0 aromatic carbocycles. The number of rotatable bonds is 0. The van der Waals surface area contributed by atoms with Crippen LogP contribution in [-0.4, -0.2) is 9.78 Å². The first-order valence-corrected chi connectivity index (χ1v) is 3.06. The SMILES string of the molecule is CSC(=S)[S-].[Na+]. The van der Waals surface area contributed by atoms with Crippen LogP contribution in [0.15, 0.2) is 0 Å². The predicted molar refractivity (Wildman–Crippen MR) is 33.5 cm³/mol. The summed E-state index contributed by atoms with van der Waals surface area (Å²) in [7, 11) is 0. The largest absolute Gasteiger partial charge is 1.00 e. The van der Waals surface area contributed by atoms with E-state index >= 15 is 0 Å². The Balaban J connectivity index is 0. The van der Waals surface area contributed by atoms with E-state index in [9.17, 15) is 0 Å². The Labute approximate surface area is 75.2 Å². The van der Waals surface area contributed by atoms with Gasteiger partial charge in [-0.3, -0.25) is 0 Å². The van der Waals surface area contributed by atoms with Gasteiger partial charge in [-0.25, -0.2) is 0 Å². The van der Waals surface area contributed by atoms with Crippen molar-refractivity contribution in [3.05, 3.63) is 0 Å². The van der Waals surface area contributed by atoms with E-state index in [1.807, 2.05) is 6.26 Å². The van der Waals surface area contributed by atoms with E-state index in [2.05, 4.69) is 24.8 Å². The monoisotopic (exact) mass is 146 g/mol. The quantitative estimate of drug-likeness (QED) is 0.224. The average molecular weight is 146 g/mol. The minimum atomic E-state index is 0. The van der Waals surface area contributed by atoms with Gasteiger partial charge < -0.3 is 24.8 Å². The van der Waals surface area contributed by atoms with E-state index in [4.69, 9.17) is 0 Å². The van der Waals surface area contributed by atoms with Gasteiger partial charge >= 0.3 is 29.6 Å². The molecule has 30 valence electrons. The van der Waals surface area contributed by atoms with Crippen LogP contribution in [0, 0.1) is 0 Å². The molecule has 0 aromatic heterocycles. The van der Waals surface area contributed by atoms with E-state index in [-0.39, 0.29) is 29.6 Å². The summed E-state index contributed by atoms with van der Waals surface area (Å²) in [4.78, 5) is 0. The molecule has 0 amide bonds. The molecular formula is C2H3NaS3. The molecule has 0 fully saturated rings. The molecule has 0 aromatic rings. The van der Waals surface area contributed by atoms with Gasteiger partial charge in [0.15, 0.2) is 0 Å². The van der Waals surface area contributed by atoms with Crippen molar-refractivity contribution >= 4 is 40.1 Å². The molecule has 0 spiro atoms. The molecule has 6 heavy (non-hydrogen) atoms. The summed E-state index contributed by atoms with van der Waals surface area (Å²) in [6, 6.07) is 0. The number of thioether (sulfide) groups is 1. The van der Waals surface area contributed by atoms with E-state index < -0.39 is 0 Å². The van der Waals surface area contributed by atoms with Gasteiger partial charge in [0.1, 0.15) is 0 Å². The number of hydrogen-bond acceptors (Lipinski definition) is 3. The topological polar surface area (TPSA) is 0 Å². The molecule has 0 heterocycles. The summed E-state index contributed by atoms with van der Waals surface area (Å²) in [5.74, 6) is 0. The zero-order valence-electron chi connectivity index (χ0n) is 3.72. The normalized spacial score (nSPS) is 6.17. The van der Waals surface area contributed by atoms with E-state index in [0.29, 0.717) is 3.53 Å². The summed E-state index contributed by atoms with van der Waals surface area (Å²) in [6.07, 6.45) is 1.87. The van der Waals surface area contributed by atoms with Crippen molar-refractivity contribution in [3.8, 4) is 0 Å². The fraction of sp³-hybridized carbons (Fsp3) is 0.500. The summed E-state index contributed by atoms with van der Waals surface area (Å²) < 4.78 is 0.588. The molecule has 0 atom stereocenters. The molecule has 0 rings (SSSR count). The van der Waals surface area contributed by atoms with Crippen molar-refractivity contribution in [1.82, 2.24) is 0 Å². The number of thiocarbonyl (C=S) groups is 1. The van der Waals surface area contributed by atoms with Gasteiger partial charge in [-0.1, -0.05) is 3.53 Å². The average Bonchev–Trinajstić information content (AvgIpc) is 1.38. The van der Waals surface area contributed by atoms with Gasteiger partial charge in [-0.15, -0.1) is 0 Å². The van der Waals surface area contributed by atoms with Crippen LogP contribution in [0.25, 0.3) is 0 Å². The Morgan fingerprint density at radius 2 is 2.00 bits per heavy atom. The summed E-state index contributed by atoms with van der Waals surface area (Å²) in [6.45, 7) is 0. The summed E-state index contributed by atoms with van der Waals surface area (Å²) >= 11 is 10.4. The first kappa shape index (κ1) is 10.6. The second-order valence-corrected chi connectivity index (χ2v) is 2.86. The summed E-state index contributed by atoms with van der Waals surface area (Å²) in [5, 5.41) is 0. The molecular weight excluding hydrogens is 143 g/mol. The van der Waals surface area contributed by atoms with Crippen molar-refractivity contribution in [2.45, 2.75) is 0 Å². The predicted octanol–water partition coefficient (Wildman–Crippen LogP) is -1.81. The zero-order chi connectivity index (χ0) is 4.28. The van der Waals surface area contributed by atoms with Gasteiger partial charge in [-0.05, 0) is 6.26 Å². The van der Waals surface area contributed by atoms with Crippen LogP contribution in [0.1, 0.15) is 0 Å². The molecule has 0 aliphatic carbocycles. The molecule has 0 unspecified atom stereocenters.